The number of halogens is 1. The Kier molecular flexibility index (Phi) is 4.19. The Labute approximate surface area is 117 Å². The lowest BCUT2D eigenvalue weighted by Gasteiger charge is -2.09. The fourth-order valence-electron chi connectivity index (χ4n) is 1.88. The summed E-state index contributed by atoms with van der Waals surface area (Å²) in [6, 6.07) is 7.91. The van der Waals surface area contributed by atoms with Gasteiger partial charge in [0, 0.05) is 17.5 Å². The van der Waals surface area contributed by atoms with Crippen molar-refractivity contribution in [2.45, 2.75) is 32.7 Å². The van der Waals surface area contributed by atoms with E-state index in [2.05, 4.69) is 28.6 Å². The summed E-state index contributed by atoms with van der Waals surface area (Å²) in [7, 11) is 0. The van der Waals surface area contributed by atoms with Crippen LogP contribution in [-0.2, 0) is 13.0 Å². The highest BCUT2D eigenvalue weighted by molar-refractivity contribution is 7.71. The van der Waals surface area contributed by atoms with Gasteiger partial charge in [0.15, 0.2) is 4.77 Å². The Hall–Kier alpha value is -1.13. The maximum Gasteiger partial charge on any atom is 0.195 e. The van der Waals surface area contributed by atoms with Gasteiger partial charge in [0.1, 0.15) is 5.82 Å². The number of aryl methyl sites for hydroxylation is 1. The zero-order valence-corrected chi connectivity index (χ0v) is 12.1. The minimum absolute atomic E-state index is 0.364. The largest absolute Gasteiger partial charge is 0.304 e. The minimum Gasteiger partial charge on any atom is -0.304 e. The average Bonchev–Trinajstić information content (AvgIpc) is 2.70. The number of hydrogen-bond acceptors (Lipinski definition) is 2. The van der Waals surface area contributed by atoms with Gasteiger partial charge in [-0.2, -0.15) is 5.10 Å². The lowest BCUT2D eigenvalue weighted by atomic mass is 10.1. The predicted molar refractivity (Wildman–Crippen MR) is 76.7 cm³/mol. The molecule has 0 spiro atoms. The third-order valence-electron chi connectivity index (χ3n) is 2.84. The molecule has 2 aromatic rings. The Morgan fingerprint density at radius 3 is 2.61 bits per heavy atom. The molecular formula is C13H16ClN3S. The minimum atomic E-state index is 0.364. The molecule has 3 nitrogen and oxygen atoms in total. The molecule has 1 aromatic carbocycles. The summed E-state index contributed by atoms with van der Waals surface area (Å²) in [5.74, 6) is 1.37. The van der Waals surface area contributed by atoms with Gasteiger partial charge in [-0.1, -0.05) is 37.6 Å². The lowest BCUT2D eigenvalue weighted by molar-refractivity contribution is 0.614. The lowest BCUT2D eigenvalue weighted by Crippen LogP contribution is -2.07. The van der Waals surface area contributed by atoms with Gasteiger partial charge in [0.25, 0.3) is 0 Å². The van der Waals surface area contributed by atoms with E-state index in [1.165, 1.54) is 5.56 Å². The van der Waals surface area contributed by atoms with Crippen LogP contribution in [-0.4, -0.2) is 14.8 Å². The number of nitrogens with one attached hydrogen (secondary N) is 1. The van der Waals surface area contributed by atoms with E-state index in [1.807, 2.05) is 24.3 Å². The Morgan fingerprint density at radius 2 is 2.00 bits per heavy atom. The van der Waals surface area contributed by atoms with Crippen LogP contribution >= 0.6 is 23.8 Å². The molecule has 0 saturated heterocycles. The van der Waals surface area contributed by atoms with E-state index >= 15 is 0 Å². The maximum absolute atomic E-state index is 5.87. The molecule has 0 atom stereocenters. The first-order valence-corrected chi connectivity index (χ1v) is 6.76. The molecule has 2 rings (SSSR count). The maximum atomic E-state index is 5.87. The Morgan fingerprint density at radius 1 is 1.33 bits per heavy atom. The van der Waals surface area contributed by atoms with Gasteiger partial charge in [-0.25, -0.2) is 0 Å². The molecule has 0 amide bonds. The molecular weight excluding hydrogens is 266 g/mol. The number of H-pyrrole nitrogens is 1. The third kappa shape index (κ3) is 3.00. The molecule has 5 heteroatoms. The van der Waals surface area contributed by atoms with E-state index in [4.69, 9.17) is 23.8 Å². The molecule has 0 fully saturated rings. The molecule has 0 radical (unpaired) electrons. The smallest absolute Gasteiger partial charge is 0.195 e. The van der Waals surface area contributed by atoms with Crippen LogP contribution in [0.4, 0.5) is 0 Å². The van der Waals surface area contributed by atoms with Crippen LogP contribution in [0.1, 0.15) is 31.2 Å². The SMILES string of the molecule is CC(C)c1n[nH]c(=S)n1CCc1ccc(Cl)cc1. The Bertz CT molecular complexity index is 569. The number of aromatic amines is 1. The molecule has 0 aliphatic rings. The molecule has 96 valence electrons. The molecule has 0 bridgehead atoms. The summed E-state index contributed by atoms with van der Waals surface area (Å²) >= 11 is 11.1. The van der Waals surface area contributed by atoms with Gasteiger partial charge in [-0.3, -0.25) is 5.10 Å². The number of benzene rings is 1. The summed E-state index contributed by atoms with van der Waals surface area (Å²) in [4.78, 5) is 0. The quantitative estimate of drug-likeness (QED) is 0.861. The highest BCUT2D eigenvalue weighted by Gasteiger charge is 2.09. The first-order valence-electron chi connectivity index (χ1n) is 5.97. The number of hydrogen-bond donors (Lipinski definition) is 1. The predicted octanol–water partition coefficient (Wildman–Crippen LogP) is 3.96. The third-order valence-corrected chi connectivity index (χ3v) is 3.41. The van der Waals surface area contributed by atoms with Crippen LogP contribution < -0.4 is 0 Å². The second-order valence-corrected chi connectivity index (χ2v) is 5.39. The number of nitrogens with zero attached hydrogens (tertiary/aromatic N) is 2. The molecule has 0 unspecified atom stereocenters. The van der Waals surface area contributed by atoms with E-state index in [-0.39, 0.29) is 0 Å². The van der Waals surface area contributed by atoms with Gasteiger partial charge in [-0.15, -0.1) is 0 Å². The summed E-state index contributed by atoms with van der Waals surface area (Å²) < 4.78 is 2.75. The fraction of sp³-hybridized carbons (Fsp3) is 0.385. The number of aromatic nitrogens is 3. The van der Waals surface area contributed by atoms with E-state index in [0.717, 1.165) is 23.8 Å². The van der Waals surface area contributed by atoms with Crippen molar-refractivity contribution in [1.29, 1.82) is 0 Å². The van der Waals surface area contributed by atoms with Crippen molar-refractivity contribution in [3.63, 3.8) is 0 Å². The second-order valence-electron chi connectivity index (χ2n) is 4.57. The normalized spacial score (nSPS) is 11.1. The van der Waals surface area contributed by atoms with Gasteiger partial charge < -0.3 is 4.57 Å². The topological polar surface area (TPSA) is 33.6 Å². The van der Waals surface area contributed by atoms with Crippen LogP contribution in [0, 0.1) is 4.77 Å². The molecule has 1 aromatic heterocycles. The average molecular weight is 282 g/mol. The van der Waals surface area contributed by atoms with Crippen molar-refractivity contribution in [3.05, 3.63) is 45.4 Å². The van der Waals surface area contributed by atoms with Crippen LogP contribution in [0.15, 0.2) is 24.3 Å². The molecule has 0 saturated carbocycles. The van der Waals surface area contributed by atoms with Gasteiger partial charge in [-0.05, 0) is 36.3 Å². The summed E-state index contributed by atoms with van der Waals surface area (Å²) in [6.45, 7) is 5.07. The van der Waals surface area contributed by atoms with E-state index in [0.29, 0.717) is 10.7 Å². The van der Waals surface area contributed by atoms with E-state index in [1.54, 1.807) is 0 Å². The van der Waals surface area contributed by atoms with Crippen LogP contribution in [0.2, 0.25) is 5.02 Å². The van der Waals surface area contributed by atoms with Crippen molar-refractivity contribution in [2.75, 3.05) is 0 Å². The first kappa shape index (κ1) is 13.3. The standard InChI is InChI=1S/C13H16ClN3S/c1-9(2)12-15-16-13(18)17(12)8-7-10-3-5-11(14)6-4-10/h3-6,9H,7-8H2,1-2H3,(H,16,18). The van der Waals surface area contributed by atoms with Crippen molar-refractivity contribution in [3.8, 4) is 0 Å². The fourth-order valence-corrected chi connectivity index (χ4v) is 2.24. The monoisotopic (exact) mass is 281 g/mol. The highest BCUT2D eigenvalue weighted by atomic mass is 35.5. The molecule has 1 N–H and O–H groups in total. The van der Waals surface area contributed by atoms with Crippen molar-refractivity contribution in [2.24, 2.45) is 0 Å². The summed E-state index contributed by atoms with van der Waals surface area (Å²) in [6.07, 6.45) is 0.921. The molecule has 0 aliphatic heterocycles. The zero-order valence-electron chi connectivity index (χ0n) is 10.5. The highest BCUT2D eigenvalue weighted by Crippen LogP contribution is 2.14. The molecule has 18 heavy (non-hydrogen) atoms. The van der Waals surface area contributed by atoms with Gasteiger partial charge >= 0.3 is 0 Å². The summed E-state index contributed by atoms with van der Waals surface area (Å²) in [5, 5.41) is 7.89. The van der Waals surface area contributed by atoms with Crippen molar-refractivity contribution < 1.29 is 0 Å². The van der Waals surface area contributed by atoms with E-state index < -0.39 is 0 Å². The van der Waals surface area contributed by atoms with Gasteiger partial charge in [0.2, 0.25) is 0 Å². The first-order chi connectivity index (χ1) is 8.58. The number of rotatable bonds is 4. The van der Waals surface area contributed by atoms with Crippen LogP contribution in [0.25, 0.3) is 0 Å². The molecule has 0 aliphatic carbocycles. The Balaban J connectivity index is 2.13. The van der Waals surface area contributed by atoms with Crippen molar-refractivity contribution >= 4 is 23.8 Å². The molecule has 1 heterocycles. The van der Waals surface area contributed by atoms with E-state index in [9.17, 15) is 0 Å². The van der Waals surface area contributed by atoms with Crippen LogP contribution in [0.5, 0.6) is 0 Å². The van der Waals surface area contributed by atoms with Crippen molar-refractivity contribution in [1.82, 2.24) is 14.8 Å². The van der Waals surface area contributed by atoms with Crippen LogP contribution in [0.3, 0.4) is 0 Å². The summed E-state index contributed by atoms with van der Waals surface area (Å²) in [5.41, 5.74) is 1.25. The second kappa shape index (κ2) is 5.67. The van der Waals surface area contributed by atoms with Gasteiger partial charge in [0.05, 0.1) is 0 Å². The zero-order chi connectivity index (χ0) is 13.1.